The van der Waals surface area contributed by atoms with Gasteiger partial charge in [-0.25, -0.2) is 10.9 Å². The summed E-state index contributed by atoms with van der Waals surface area (Å²) >= 11 is 0. The summed E-state index contributed by atoms with van der Waals surface area (Å²) in [5.74, 6) is -0.474. The van der Waals surface area contributed by atoms with Crippen molar-refractivity contribution < 1.29 is 9.59 Å². The Morgan fingerprint density at radius 2 is 1.03 bits per heavy atom. The van der Waals surface area contributed by atoms with Crippen molar-refractivity contribution in [2.24, 2.45) is 22.0 Å². The lowest BCUT2D eigenvalue weighted by atomic mass is 10.1. The molecule has 2 aromatic rings. The fraction of sp³-hybridized carbons (Fsp3) is 0.429. The van der Waals surface area contributed by atoms with Crippen LogP contribution in [0.3, 0.4) is 0 Å². The maximum Gasteiger partial charge on any atom is 0.331 e. The number of carbonyl (C=O) groups excluding carboxylic acids is 2. The van der Waals surface area contributed by atoms with Gasteiger partial charge in [-0.05, 0) is 60.1 Å². The second kappa shape index (κ2) is 14.7. The summed E-state index contributed by atoms with van der Waals surface area (Å²) in [7, 11) is 4.13. The van der Waals surface area contributed by atoms with Crippen LogP contribution in [0.25, 0.3) is 0 Å². The van der Waals surface area contributed by atoms with Gasteiger partial charge in [-0.3, -0.25) is 9.59 Å². The molecule has 0 atom stereocenters. The molecule has 0 heterocycles. The molecule has 2 rings (SSSR count). The van der Waals surface area contributed by atoms with E-state index in [2.05, 4.69) is 72.6 Å². The van der Waals surface area contributed by atoms with Crippen LogP contribution >= 0.6 is 0 Å². The predicted octanol–water partition coefficient (Wildman–Crippen LogP) is 4.25. The van der Waals surface area contributed by atoms with Crippen LogP contribution in [0.2, 0.25) is 0 Å². The summed E-state index contributed by atoms with van der Waals surface area (Å²) in [4.78, 5) is 28.3. The molecule has 2 aromatic carbocycles. The standard InChI is InChI=1S/C28H40N6O2/c1-21(2)15-17-33(5)25-11-7-23(8-12-25)19-29-31-27(35)28(36)32-30-20-24-9-13-26(14-10-24)34(6)18-16-22(3)4/h7-14,19-22H,15-18H2,1-6H3,(H,31,35)(H,32,36)/b29-19-,30-20?. The molecule has 36 heavy (non-hydrogen) atoms. The van der Waals surface area contributed by atoms with Gasteiger partial charge in [-0.2, -0.15) is 10.2 Å². The number of nitrogens with zero attached hydrogens (tertiary/aromatic N) is 4. The molecule has 8 nitrogen and oxygen atoms in total. The monoisotopic (exact) mass is 492 g/mol. The molecule has 2 amide bonds. The molecule has 0 aliphatic heterocycles. The molecule has 0 aliphatic rings. The van der Waals surface area contributed by atoms with Crippen molar-refractivity contribution in [2.45, 2.75) is 40.5 Å². The zero-order valence-corrected chi connectivity index (χ0v) is 22.4. The molecule has 0 bridgehead atoms. The molecule has 194 valence electrons. The highest BCUT2D eigenvalue weighted by molar-refractivity contribution is 6.35. The first-order valence-corrected chi connectivity index (χ1v) is 12.4. The third kappa shape index (κ3) is 10.3. The van der Waals surface area contributed by atoms with Gasteiger partial charge in [-0.1, -0.05) is 52.0 Å². The minimum absolute atomic E-state index is 0.656. The highest BCUT2D eigenvalue weighted by atomic mass is 16.2. The molecule has 2 N–H and O–H groups in total. The van der Waals surface area contributed by atoms with E-state index in [0.29, 0.717) is 11.8 Å². The van der Waals surface area contributed by atoms with Crippen LogP contribution < -0.4 is 20.7 Å². The first-order valence-electron chi connectivity index (χ1n) is 12.4. The van der Waals surface area contributed by atoms with Crippen LogP contribution in [-0.2, 0) is 9.59 Å². The van der Waals surface area contributed by atoms with E-state index in [0.717, 1.165) is 48.4 Å². The molecular weight excluding hydrogens is 452 g/mol. The third-order valence-electron chi connectivity index (χ3n) is 5.72. The summed E-state index contributed by atoms with van der Waals surface area (Å²) in [5.41, 5.74) is 8.29. The number of amides is 2. The van der Waals surface area contributed by atoms with E-state index in [1.54, 1.807) is 0 Å². The Kier molecular flexibility index (Phi) is 11.6. The highest BCUT2D eigenvalue weighted by Crippen LogP contribution is 2.15. The van der Waals surface area contributed by atoms with E-state index < -0.39 is 11.8 Å². The summed E-state index contributed by atoms with van der Waals surface area (Å²) in [6, 6.07) is 15.6. The Morgan fingerprint density at radius 1 is 0.694 bits per heavy atom. The topological polar surface area (TPSA) is 89.4 Å². The van der Waals surface area contributed by atoms with Gasteiger partial charge in [0, 0.05) is 38.6 Å². The van der Waals surface area contributed by atoms with E-state index in [9.17, 15) is 9.59 Å². The lowest BCUT2D eigenvalue weighted by Crippen LogP contribution is -2.35. The molecule has 0 unspecified atom stereocenters. The van der Waals surface area contributed by atoms with Crippen molar-refractivity contribution in [3.63, 3.8) is 0 Å². The molecule has 0 aliphatic carbocycles. The number of hydrogen-bond donors (Lipinski definition) is 2. The Hall–Kier alpha value is -3.68. The number of benzene rings is 2. The van der Waals surface area contributed by atoms with E-state index in [1.807, 2.05) is 48.5 Å². The van der Waals surface area contributed by atoms with E-state index in [1.165, 1.54) is 12.4 Å². The van der Waals surface area contributed by atoms with Crippen LogP contribution in [0.1, 0.15) is 51.7 Å². The molecule has 0 saturated carbocycles. The zero-order valence-electron chi connectivity index (χ0n) is 22.4. The number of nitrogens with one attached hydrogen (secondary N) is 2. The first kappa shape index (κ1) is 28.6. The summed E-state index contributed by atoms with van der Waals surface area (Å²) in [5, 5.41) is 7.72. The quantitative estimate of drug-likeness (QED) is 0.263. The maximum absolute atomic E-state index is 12.0. The van der Waals surface area contributed by atoms with Gasteiger partial charge in [0.15, 0.2) is 0 Å². The number of hydrazone groups is 2. The Bertz CT molecular complexity index is 930. The SMILES string of the molecule is CC(C)CCN(C)c1ccc(C=NNC(=O)C(=O)N/N=C\c2ccc(N(C)CCC(C)C)cc2)cc1. The van der Waals surface area contributed by atoms with E-state index in [4.69, 9.17) is 0 Å². The van der Waals surface area contributed by atoms with Crippen molar-refractivity contribution >= 4 is 35.6 Å². The van der Waals surface area contributed by atoms with Crippen molar-refractivity contribution in [3.05, 3.63) is 59.7 Å². The van der Waals surface area contributed by atoms with E-state index in [-0.39, 0.29) is 0 Å². The summed E-state index contributed by atoms with van der Waals surface area (Å²) < 4.78 is 0. The van der Waals surface area contributed by atoms with Crippen LogP contribution in [0.5, 0.6) is 0 Å². The van der Waals surface area contributed by atoms with Crippen molar-refractivity contribution in [1.82, 2.24) is 10.9 Å². The molecule has 0 spiro atoms. The molecule has 0 saturated heterocycles. The second-order valence-corrected chi connectivity index (χ2v) is 9.79. The Balaban J connectivity index is 1.77. The van der Waals surface area contributed by atoms with Gasteiger partial charge >= 0.3 is 11.8 Å². The normalized spacial score (nSPS) is 11.4. The summed E-state index contributed by atoms with van der Waals surface area (Å²) in [6.45, 7) is 10.8. The third-order valence-corrected chi connectivity index (χ3v) is 5.72. The van der Waals surface area contributed by atoms with Crippen LogP contribution in [0.15, 0.2) is 58.7 Å². The lowest BCUT2D eigenvalue weighted by Gasteiger charge is -2.20. The van der Waals surface area contributed by atoms with Gasteiger partial charge in [0.25, 0.3) is 0 Å². The average Bonchev–Trinajstić information content (AvgIpc) is 2.86. The van der Waals surface area contributed by atoms with Gasteiger partial charge in [-0.15, -0.1) is 0 Å². The predicted molar refractivity (Wildman–Crippen MR) is 150 cm³/mol. The number of carbonyl (C=O) groups is 2. The maximum atomic E-state index is 12.0. The van der Waals surface area contributed by atoms with Crippen molar-refractivity contribution in [3.8, 4) is 0 Å². The Morgan fingerprint density at radius 3 is 1.33 bits per heavy atom. The van der Waals surface area contributed by atoms with Gasteiger partial charge in [0.2, 0.25) is 0 Å². The van der Waals surface area contributed by atoms with Crippen molar-refractivity contribution in [1.29, 1.82) is 0 Å². The van der Waals surface area contributed by atoms with Gasteiger partial charge in [0.05, 0.1) is 12.4 Å². The first-order chi connectivity index (χ1) is 17.2. The summed E-state index contributed by atoms with van der Waals surface area (Å²) in [6.07, 6.45) is 5.23. The second-order valence-electron chi connectivity index (χ2n) is 9.79. The smallest absolute Gasteiger partial charge is 0.331 e. The van der Waals surface area contributed by atoms with Crippen LogP contribution in [-0.4, -0.2) is 51.4 Å². The van der Waals surface area contributed by atoms with Crippen LogP contribution in [0, 0.1) is 11.8 Å². The van der Waals surface area contributed by atoms with Gasteiger partial charge < -0.3 is 9.80 Å². The Labute approximate surface area is 215 Å². The molecule has 8 heteroatoms. The zero-order chi connectivity index (χ0) is 26.5. The van der Waals surface area contributed by atoms with Gasteiger partial charge in [0.1, 0.15) is 0 Å². The van der Waals surface area contributed by atoms with E-state index >= 15 is 0 Å². The molecule has 0 fully saturated rings. The van der Waals surface area contributed by atoms with Crippen LogP contribution in [0.4, 0.5) is 11.4 Å². The number of hydrogen-bond acceptors (Lipinski definition) is 6. The number of anilines is 2. The number of rotatable bonds is 12. The molecule has 0 radical (unpaired) electrons. The highest BCUT2D eigenvalue weighted by Gasteiger charge is 2.11. The lowest BCUT2D eigenvalue weighted by molar-refractivity contribution is -0.139. The molecular formula is C28H40N6O2. The fourth-order valence-corrected chi connectivity index (χ4v) is 3.22. The van der Waals surface area contributed by atoms with Crippen molar-refractivity contribution in [2.75, 3.05) is 37.0 Å². The minimum Gasteiger partial charge on any atom is -0.375 e. The fourth-order valence-electron chi connectivity index (χ4n) is 3.22. The largest absolute Gasteiger partial charge is 0.375 e. The minimum atomic E-state index is -0.893. The molecule has 0 aromatic heterocycles. The average molecular weight is 493 g/mol.